The first-order valence-corrected chi connectivity index (χ1v) is 9.79. The van der Waals surface area contributed by atoms with Crippen molar-refractivity contribution >= 4 is 35.0 Å². The minimum atomic E-state index is -0.275. The SMILES string of the molecule is Cc1ccc2c(c1)C1(CCCC2)SCC(=O)N1c1ccc(Cl)cc1. The van der Waals surface area contributed by atoms with E-state index in [1.165, 1.54) is 23.1 Å². The molecule has 1 aliphatic heterocycles. The highest BCUT2D eigenvalue weighted by Gasteiger charge is 2.49. The Morgan fingerprint density at radius 3 is 2.71 bits per heavy atom. The van der Waals surface area contributed by atoms with Crippen LogP contribution >= 0.6 is 23.4 Å². The molecule has 1 unspecified atom stereocenters. The molecule has 1 aliphatic carbocycles. The number of aryl methyl sites for hydroxylation is 2. The number of hydrogen-bond acceptors (Lipinski definition) is 2. The number of rotatable bonds is 1. The molecule has 0 radical (unpaired) electrons. The minimum absolute atomic E-state index is 0.191. The first kappa shape index (κ1) is 16.0. The van der Waals surface area contributed by atoms with E-state index in [9.17, 15) is 4.79 Å². The lowest BCUT2D eigenvalue weighted by Crippen LogP contribution is -2.42. The minimum Gasteiger partial charge on any atom is -0.292 e. The fourth-order valence-electron chi connectivity index (χ4n) is 3.92. The molecule has 0 saturated carbocycles. The lowest BCUT2D eigenvalue weighted by Gasteiger charge is -2.38. The van der Waals surface area contributed by atoms with Gasteiger partial charge in [0.1, 0.15) is 4.87 Å². The third-order valence-corrected chi connectivity index (χ3v) is 6.76. The van der Waals surface area contributed by atoms with Gasteiger partial charge >= 0.3 is 0 Å². The van der Waals surface area contributed by atoms with E-state index in [1.54, 1.807) is 11.8 Å². The Hall–Kier alpha value is -1.45. The van der Waals surface area contributed by atoms with Crippen LogP contribution < -0.4 is 4.90 Å². The van der Waals surface area contributed by atoms with Crippen molar-refractivity contribution in [1.29, 1.82) is 0 Å². The zero-order valence-electron chi connectivity index (χ0n) is 13.7. The third kappa shape index (κ3) is 2.55. The molecule has 0 aromatic heterocycles. The third-order valence-electron chi connectivity index (χ3n) is 5.03. The summed E-state index contributed by atoms with van der Waals surface area (Å²) in [6.45, 7) is 2.13. The van der Waals surface area contributed by atoms with Crippen molar-refractivity contribution < 1.29 is 4.79 Å². The topological polar surface area (TPSA) is 20.3 Å². The van der Waals surface area contributed by atoms with Crippen LogP contribution in [0.25, 0.3) is 0 Å². The second-order valence-electron chi connectivity index (χ2n) is 6.65. The van der Waals surface area contributed by atoms with Gasteiger partial charge in [-0.25, -0.2) is 0 Å². The summed E-state index contributed by atoms with van der Waals surface area (Å²) < 4.78 is 0. The van der Waals surface area contributed by atoms with Gasteiger partial charge in [-0.1, -0.05) is 35.4 Å². The molecule has 1 spiro atoms. The van der Waals surface area contributed by atoms with Gasteiger partial charge in [0.05, 0.1) is 5.75 Å². The van der Waals surface area contributed by atoms with Crippen LogP contribution in [0.1, 0.15) is 36.0 Å². The molecular weight excluding hydrogens is 338 g/mol. The Labute approximate surface area is 152 Å². The van der Waals surface area contributed by atoms with E-state index in [0.717, 1.165) is 24.9 Å². The summed E-state index contributed by atoms with van der Waals surface area (Å²) in [6.07, 6.45) is 4.42. The van der Waals surface area contributed by atoms with Crippen molar-refractivity contribution in [2.75, 3.05) is 10.7 Å². The van der Waals surface area contributed by atoms with Crippen molar-refractivity contribution in [2.45, 2.75) is 37.5 Å². The second-order valence-corrected chi connectivity index (χ2v) is 8.34. The van der Waals surface area contributed by atoms with Crippen LogP contribution in [0.3, 0.4) is 0 Å². The molecule has 4 rings (SSSR count). The summed E-state index contributed by atoms with van der Waals surface area (Å²) in [4.78, 5) is 14.6. The van der Waals surface area contributed by atoms with Crippen LogP contribution in [-0.2, 0) is 16.1 Å². The first-order chi connectivity index (χ1) is 11.6. The number of halogens is 1. The normalized spacial score (nSPS) is 23.4. The molecule has 2 aliphatic rings. The monoisotopic (exact) mass is 357 g/mol. The molecular formula is C20H20ClNOS. The molecule has 124 valence electrons. The molecule has 0 bridgehead atoms. The van der Waals surface area contributed by atoms with Gasteiger partial charge in [-0.15, -0.1) is 11.8 Å². The lowest BCUT2D eigenvalue weighted by atomic mass is 9.94. The van der Waals surface area contributed by atoms with Crippen LogP contribution in [0.15, 0.2) is 42.5 Å². The summed E-state index contributed by atoms with van der Waals surface area (Å²) in [5, 5.41) is 0.698. The van der Waals surface area contributed by atoms with Crippen LogP contribution in [-0.4, -0.2) is 11.7 Å². The predicted octanol–water partition coefficient (Wildman–Crippen LogP) is 5.31. The number of carbonyl (C=O) groups excluding carboxylic acids is 1. The number of benzene rings is 2. The quantitative estimate of drug-likeness (QED) is 0.689. The summed E-state index contributed by atoms with van der Waals surface area (Å²) in [6, 6.07) is 14.4. The van der Waals surface area contributed by atoms with Gasteiger partial charge in [-0.2, -0.15) is 0 Å². The van der Waals surface area contributed by atoms with E-state index >= 15 is 0 Å². The van der Waals surface area contributed by atoms with Crippen LogP contribution in [0.5, 0.6) is 0 Å². The maximum Gasteiger partial charge on any atom is 0.238 e. The average molecular weight is 358 g/mol. The molecule has 2 aromatic rings. The van der Waals surface area contributed by atoms with E-state index in [1.807, 2.05) is 29.2 Å². The van der Waals surface area contributed by atoms with Gasteiger partial charge in [-0.05, 0) is 68.0 Å². The van der Waals surface area contributed by atoms with Crippen LogP contribution in [0.2, 0.25) is 5.02 Å². The van der Waals surface area contributed by atoms with Gasteiger partial charge < -0.3 is 0 Å². The number of carbonyl (C=O) groups is 1. The number of amides is 1. The van der Waals surface area contributed by atoms with Gasteiger partial charge in [0, 0.05) is 10.7 Å². The first-order valence-electron chi connectivity index (χ1n) is 8.43. The molecule has 1 fully saturated rings. The highest BCUT2D eigenvalue weighted by molar-refractivity contribution is 8.01. The maximum atomic E-state index is 12.8. The number of thioether (sulfide) groups is 1. The molecule has 1 amide bonds. The van der Waals surface area contributed by atoms with Gasteiger partial charge in [0.25, 0.3) is 0 Å². The zero-order valence-corrected chi connectivity index (χ0v) is 15.3. The highest BCUT2D eigenvalue weighted by Crippen LogP contribution is 2.53. The Morgan fingerprint density at radius 1 is 1.12 bits per heavy atom. The Bertz CT molecular complexity index is 789. The second kappa shape index (κ2) is 6.12. The largest absolute Gasteiger partial charge is 0.292 e. The Morgan fingerprint density at radius 2 is 1.92 bits per heavy atom. The zero-order chi connectivity index (χ0) is 16.7. The average Bonchev–Trinajstić information content (AvgIpc) is 2.80. The maximum absolute atomic E-state index is 12.8. The summed E-state index contributed by atoms with van der Waals surface area (Å²) in [5.41, 5.74) is 4.92. The van der Waals surface area contributed by atoms with Crippen molar-refractivity contribution in [1.82, 2.24) is 0 Å². The number of hydrogen-bond donors (Lipinski definition) is 0. The van der Waals surface area contributed by atoms with E-state index in [0.29, 0.717) is 10.8 Å². The summed E-state index contributed by atoms with van der Waals surface area (Å²) >= 11 is 7.84. The van der Waals surface area contributed by atoms with E-state index in [-0.39, 0.29) is 10.8 Å². The molecule has 0 N–H and O–H groups in total. The Balaban J connectivity index is 1.90. The van der Waals surface area contributed by atoms with Gasteiger partial charge in [0.2, 0.25) is 5.91 Å². The molecule has 4 heteroatoms. The van der Waals surface area contributed by atoms with E-state index < -0.39 is 0 Å². The van der Waals surface area contributed by atoms with Gasteiger partial charge in [0.15, 0.2) is 0 Å². The van der Waals surface area contributed by atoms with Crippen LogP contribution in [0.4, 0.5) is 5.69 Å². The molecule has 2 nitrogen and oxygen atoms in total. The molecule has 2 aromatic carbocycles. The van der Waals surface area contributed by atoms with Crippen molar-refractivity contribution in [2.24, 2.45) is 0 Å². The summed E-state index contributed by atoms with van der Waals surface area (Å²) in [7, 11) is 0. The van der Waals surface area contributed by atoms with E-state index in [4.69, 9.17) is 11.6 Å². The van der Waals surface area contributed by atoms with Crippen molar-refractivity contribution in [3.8, 4) is 0 Å². The standard InChI is InChI=1S/C20H20ClNOS/c1-14-5-6-15-4-2-3-11-20(18(15)12-14)22(19(23)13-24-20)17-9-7-16(21)8-10-17/h5-10,12H,2-4,11,13H2,1H3. The summed E-state index contributed by atoms with van der Waals surface area (Å²) in [5.74, 6) is 0.729. The predicted molar refractivity (Wildman–Crippen MR) is 102 cm³/mol. The fraction of sp³-hybridized carbons (Fsp3) is 0.350. The Kier molecular flexibility index (Phi) is 4.09. The highest BCUT2D eigenvalue weighted by atomic mass is 35.5. The number of anilines is 1. The number of nitrogens with zero attached hydrogens (tertiary/aromatic N) is 1. The van der Waals surface area contributed by atoms with Crippen molar-refractivity contribution in [3.05, 3.63) is 64.2 Å². The fourth-order valence-corrected chi connectivity index (χ4v) is 5.51. The smallest absolute Gasteiger partial charge is 0.238 e. The van der Waals surface area contributed by atoms with Crippen molar-refractivity contribution in [3.63, 3.8) is 0 Å². The molecule has 1 atom stereocenters. The van der Waals surface area contributed by atoms with Crippen LogP contribution in [0, 0.1) is 6.92 Å². The lowest BCUT2D eigenvalue weighted by molar-refractivity contribution is -0.116. The molecule has 1 saturated heterocycles. The number of fused-ring (bicyclic) bond motifs is 2. The van der Waals surface area contributed by atoms with E-state index in [2.05, 4.69) is 25.1 Å². The molecule has 24 heavy (non-hydrogen) atoms. The molecule has 1 heterocycles. The van der Waals surface area contributed by atoms with Gasteiger partial charge in [-0.3, -0.25) is 9.69 Å².